The Morgan fingerprint density at radius 3 is 2.10 bits per heavy atom. The van der Waals surface area contributed by atoms with Crippen LogP contribution in [0.3, 0.4) is 0 Å². The average molecular weight is 329 g/mol. The van der Waals surface area contributed by atoms with E-state index in [-0.39, 0.29) is 12.8 Å². The van der Waals surface area contributed by atoms with Crippen LogP contribution in [0.15, 0.2) is 0 Å². The predicted octanol–water partition coefficient (Wildman–Crippen LogP) is 1.07. The monoisotopic (exact) mass is 329 g/mol. The van der Waals surface area contributed by atoms with Crippen molar-refractivity contribution in [1.82, 2.24) is 4.72 Å². The molecule has 1 aliphatic carbocycles. The third kappa shape index (κ3) is 1.74. The second-order valence-electron chi connectivity index (χ2n) is 6.05. The highest BCUT2D eigenvalue weighted by atomic mass is 32.2. The Balaban J connectivity index is 2.40. The van der Waals surface area contributed by atoms with E-state index in [4.69, 9.17) is 4.74 Å². The second-order valence-corrected chi connectivity index (χ2v) is 7.73. The highest BCUT2D eigenvalue weighted by Crippen LogP contribution is 2.65. The molecule has 2 rings (SSSR count). The molecule has 6 nitrogen and oxygen atoms in total. The molecule has 0 aromatic rings. The topological polar surface area (TPSA) is 89.5 Å². The van der Waals surface area contributed by atoms with E-state index in [2.05, 4.69) is 0 Å². The van der Waals surface area contributed by atoms with E-state index in [1.807, 2.05) is 0 Å². The average Bonchev–Trinajstić information content (AvgIpc) is 2.57. The number of fused-ring (bicyclic) bond motifs is 2. The molecule has 2 bridgehead atoms. The summed E-state index contributed by atoms with van der Waals surface area (Å²) in [5.74, 6) is -2.17. The van der Waals surface area contributed by atoms with Crippen molar-refractivity contribution in [3.05, 3.63) is 0 Å². The Hall–Kier alpha value is -1.32. The van der Waals surface area contributed by atoms with E-state index in [0.717, 1.165) is 4.72 Å². The summed E-state index contributed by atoms with van der Waals surface area (Å²) < 4.78 is 65.2. The van der Waals surface area contributed by atoms with Crippen LogP contribution in [0.25, 0.3) is 0 Å². The Bertz CT molecular complexity index is 626. The largest absolute Gasteiger partial charge is 0.516 e. The Morgan fingerprint density at radius 1 is 1.24 bits per heavy atom. The Labute approximate surface area is 119 Å². The van der Waals surface area contributed by atoms with Gasteiger partial charge in [0.2, 0.25) is 0 Å². The van der Waals surface area contributed by atoms with Gasteiger partial charge >= 0.3 is 21.5 Å². The van der Waals surface area contributed by atoms with Gasteiger partial charge in [0.15, 0.2) is 5.60 Å². The molecule has 1 N–H and O–H groups in total. The predicted molar refractivity (Wildman–Crippen MR) is 63.1 cm³/mol. The highest BCUT2D eigenvalue weighted by molar-refractivity contribution is 7.90. The van der Waals surface area contributed by atoms with E-state index >= 15 is 0 Å². The number of hydrogen-bond donors (Lipinski definition) is 1. The molecule has 2 fully saturated rings. The fraction of sp³-hybridized carbons (Fsp3) is 0.818. The lowest BCUT2D eigenvalue weighted by Gasteiger charge is -2.35. The van der Waals surface area contributed by atoms with Gasteiger partial charge in [0.05, 0.1) is 5.41 Å². The lowest BCUT2D eigenvalue weighted by Crippen LogP contribution is -2.56. The maximum absolute atomic E-state index is 12.4. The van der Waals surface area contributed by atoms with Crippen LogP contribution in [-0.4, -0.2) is 31.4 Å². The van der Waals surface area contributed by atoms with Crippen molar-refractivity contribution in [1.29, 1.82) is 0 Å². The summed E-state index contributed by atoms with van der Waals surface area (Å²) in [6, 6.07) is 0. The third-order valence-electron chi connectivity index (χ3n) is 4.98. The molecule has 1 amide bonds. The van der Waals surface area contributed by atoms with Gasteiger partial charge in [0.1, 0.15) is 0 Å². The quantitative estimate of drug-likeness (QED) is 0.766. The van der Waals surface area contributed by atoms with Crippen molar-refractivity contribution in [2.24, 2.45) is 10.8 Å². The van der Waals surface area contributed by atoms with Crippen LogP contribution in [0.2, 0.25) is 0 Å². The zero-order valence-electron chi connectivity index (χ0n) is 11.5. The number of esters is 1. The Kier molecular flexibility index (Phi) is 2.98. The first kappa shape index (κ1) is 16.1. The minimum absolute atomic E-state index is 0.0263. The summed E-state index contributed by atoms with van der Waals surface area (Å²) in [7, 11) is -5.84. The fourth-order valence-electron chi connectivity index (χ4n) is 3.01. The van der Waals surface area contributed by atoms with Crippen LogP contribution < -0.4 is 4.72 Å². The minimum Gasteiger partial charge on any atom is -0.448 e. The second kappa shape index (κ2) is 3.90. The van der Waals surface area contributed by atoms with E-state index in [0.29, 0.717) is 0 Å². The number of halogens is 3. The molecule has 1 saturated carbocycles. The third-order valence-corrected chi connectivity index (χ3v) is 6.05. The molecular weight excluding hydrogens is 315 g/mol. The number of carbonyl (C=O) groups is 2. The first-order valence-corrected chi connectivity index (χ1v) is 7.57. The lowest BCUT2D eigenvalue weighted by molar-refractivity contribution is -0.167. The van der Waals surface area contributed by atoms with Gasteiger partial charge in [-0.3, -0.25) is 9.59 Å². The molecule has 0 aromatic carbocycles. The first-order valence-electron chi connectivity index (χ1n) is 6.08. The molecule has 1 aliphatic heterocycles. The van der Waals surface area contributed by atoms with Crippen molar-refractivity contribution in [3.8, 4) is 0 Å². The van der Waals surface area contributed by atoms with E-state index < -0.39 is 43.8 Å². The smallest absolute Gasteiger partial charge is 0.448 e. The number of nitrogens with one attached hydrogen (secondary N) is 1. The summed E-state index contributed by atoms with van der Waals surface area (Å²) in [4.78, 5) is 24.0. The molecule has 2 atom stereocenters. The van der Waals surface area contributed by atoms with Gasteiger partial charge < -0.3 is 4.74 Å². The molecule has 120 valence electrons. The van der Waals surface area contributed by atoms with Crippen LogP contribution in [0.5, 0.6) is 0 Å². The number of carbonyl (C=O) groups excluding carboxylic acids is 2. The zero-order chi connectivity index (χ0) is 16.5. The van der Waals surface area contributed by atoms with Crippen molar-refractivity contribution in [2.45, 2.75) is 44.7 Å². The maximum atomic E-state index is 12.4. The van der Waals surface area contributed by atoms with Crippen LogP contribution in [-0.2, 0) is 24.3 Å². The number of hydrogen-bond acceptors (Lipinski definition) is 5. The molecule has 1 saturated heterocycles. The number of amides is 1. The molecule has 2 unspecified atom stereocenters. The van der Waals surface area contributed by atoms with Gasteiger partial charge in [-0.05, 0) is 19.8 Å². The molecule has 10 heteroatoms. The van der Waals surface area contributed by atoms with Gasteiger partial charge in [0.25, 0.3) is 5.91 Å². The van der Waals surface area contributed by atoms with Crippen LogP contribution in [0, 0.1) is 10.8 Å². The van der Waals surface area contributed by atoms with Gasteiger partial charge in [-0.25, -0.2) is 4.72 Å². The van der Waals surface area contributed by atoms with E-state index in [1.165, 1.54) is 13.8 Å². The zero-order valence-corrected chi connectivity index (χ0v) is 12.3. The molecule has 0 spiro atoms. The van der Waals surface area contributed by atoms with Gasteiger partial charge in [-0.15, -0.1) is 0 Å². The number of sulfonamides is 1. The lowest BCUT2D eigenvalue weighted by atomic mass is 9.66. The van der Waals surface area contributed by atoms with Gasteiger partial charge in [0, 0.05) is 5.41 Å². The van der Waals surface area contributed by atoms with E-state index in [1.54, 1.807) is 6.92 Å². The first-order chi connectivity index (χ1) is 9.21. The molecular formula is C11H14F3NO5S. The van der Waals surface area contributed by atoms with Crippen molar-refractivity contribution < 1.29 is 35.9 Å². The summed E-state index contributed by atoms with van der Waals surface area (Å²) in [5.41, 5.74) is -9.68. The highest BCUT2D eigenvalue weighted by Gasteiger charge is 2.76. The molecule has 0 aromatic heterocycles. The minimum atomic E-state index is -5.84. The number of ether oxygens (including phenoxy) is 1. The normalized spacial score (nSPS) is 34.7. The summed E-state index contributed by atoms with van der Waals surface area (Å²) in [5, 5.41) is 0. The van der Waals surface area contributed by atoms with Crippen molar-refractivity contribution in [3.63, 3.8) is 0 Å². The maximum Gasteiger partial charge on any atom is 0.516 e. The summed E-state index contributed by atoms with van der Waals surface area (Å²) in [6.45, 7) is 4.56. The van der Waals surface area contributed by atoms with Crippen LogP contribution in [0.4, 0.5) is 13.2 Å². The van der Waals surface area contributed by atoms with Gasteiger partial charge in [-0.1, -0.05) is 13.8 Å². The molecule has 1 heterocycles. The summed E-state index contributed by atoms with van der Waals surface area (Å²) in [6.07, 6.45) is 0.208. The number of alkyl halides is 3. The fourth-order valence-corrected chi connectivity index (χ4v) is 3.53. The Morgan fingerprint density at radius 2 is 1.76 bits per heavy atom. The molecule has 0 radical (unpaired) electrons. The SMILES string of the molecule is CC12CCC(C(=O)NS(=O)(=O)C(F)(F)F)(OC1=O)C2(C)C. The molecule has 21 heavy (non-hydrogen) atoms. The van der Waals surface area contributed by atoms with Gasteiger partial charge in [-0.2, -0.15) is 21.6 Å². The van der Waals surface area contributed by atoms with Crippen LogP contribution in [0.1, 0.15) is 33.6 Å². The van der Waals surface area contributed by atoms with Crippen molar-refractivity contribution in [2.75, 3.05) is 0 Å². The molecule has 2 aliphatic rings. The van der Waals surface area contributed by atoms with Crippen molar-refractivity contribution >= 4 is 21.9 Å². The standard InChI is InChI=1S/C11H14F3NO5S/c1-8(2)9(3)4-5-10(8,20-7(9)17)6(16)15-21(18,19)11(12,13)14/h4-5H2,1-3H3,(H,15,16). The van der Waals surface area contributed by atoms with E-state index in [9.17, 15) is 31.2 Å². The summed E-state index contributed by atoms with van der Waals surface area (Å²) >= 11 is 0. The number of rotatable bonds is 2. The van der Waals surface area contributed by atoms with Crippen LogP contribution >= 0.6 is 0 Å².